The number of rotatable bonds is 63. The number of ether oxygens (including phenoxy) is 4. The third kappa shape index (κ3) is 57.2. The first-order chi connectivity index (χ1) is 39.5. The Morgan fingerprint density at radius 1 is 0.329 bits per heavy atom. The predicted octanol–water partition coefficient (Wildman–Crippen LogP) is 17.4. The summed E-state index contributed by atoms with van der Waals surface area (Å²) in [4.78, 5) is 71.9. The summed E-state index contributed by atoms with van der Waals surface area (Å²) in [5, 5.41) is 10.5. The summed E-state index contributed by atoms with van der Waals surface area (Å²) in [5.41, 5.74) is 0. The van der Waals surface area contributed by atoms with E-state index in [4.69, 9.17) is 37.0 Å². The zero-order valence-electron chi connectivity index (χ0n) is 52.6. The van der Waals surface area contributed by atoms with Crippen LogP contribution in [0.4, 0.5) is 0 Å². The third-order valence-electron chi connectivity index (χ3n) is 14.5. The van der Waals surface area contributed by atoms with Gasteiger partial charge in [0.25, 0.3) is 0 Å². The lowest BCUT2D eigenvalue weighted by Gasteiger charge is -2.21. The Morgan fingerprint density at radius 3 is 0.829 bits per heavy atom. The fourth-order valence-electron chi connectivity index (χ4n) is 9.41. The van der Waals surface area contributed by atoms with Crippen molar-refractivity contribution in [3.8, 4) is 0 Å². The lowest BCUT2D eigenvalue weighted by atomic mass is 10.0. The van der Waals surface area contributed by atoms with Crippen LogP contribution in [0.3, 0.4) is 0 Å². The maximum atomic E-state index is 13.0. The summed E-state index contributed by atoms with van der Waals surface area (Å²) in [6, 6.07) is 0. The average molecular weight is 1210 g/mol. The normalized spacial score (nSPS) is 14.3. The van der Waals surface area contributed by atoms with Gasteiger partial charge in [-0.2, -0.15) is 0 Å². The fourth-order valence-corrected chi connectivity index (χ4v) is 11.0. The third-order valence-corrected chi connectivity index (χ3v) is 16.4. The van der Waals surface area contributed by atoms with Crippen LogP contribution in [0.15, 0.2) is 0 Å². The highest BCUT2D eigenvalue weighted by Gasteiger charge is 2.30. The summed E-state index contributed by atoms with van der Waals surface area (Å²) in [5.74, 6) is -1.42. The first-order valence-electron chi connectivity index (χ1n) is 33.1. The van der Waals surface area contributed by atoms with Gasteiger partial charge in [0.1, 0.15) is 19.3 Å². The molecule has 3 N–H and O–H groups in total. The molecule has 82 heavy (non-hydrogen) atoms. The second-order valence-electron chi connectivity index (χ2n) is 23.3. The number of esters is 4. The van der Waals surface area contributed by atoms with Crippen LogP contribution in [0, 0.1) is 5.92 Å². The second kappa shape index (κ2) is 56.8. The molecule has 0 aromatic heterocycles. The van der Waals surface area contributed by atoms with Crippen LogP contribution in [-0.4, -0.2) is 96.7 Å². The van der Waals surface area contributed by atoms with Crippen molar-refractivity contribution in [3.63, 3.8) is 0 Å². The van der Waals surface area contributed by atoms with Gasteiger partial charge < -0.3 is 33.8 Å². The first-order valence-corrected chi connectivity index (χ1v) is 36.1. The number of aliphatic hydroxyl groups excluding tert-OH is 1. The second-order valence-corrected chi connectivity index (χ2v) is 26.2. The summed E-state index contributed by atoms with van der Waals surface area (Å²) in [6.45, 7) is 7.06. The van der Waals surface area contributed by atoms with Gasteiger partial charge in [0, 0.05) is 25.7 Å². The molecule has 0 aromatic carbocycles. The van der Waals surface area contributed by atoms with Gasteiger partial charge in [0.2, 0.25) is 0 Å². The van der Waals surface area contributed by atoms with Crippen LogP contribution in [0.25, 0.3) is 0 Å². The molecule has 0 bridgehead atoms. The van der Waals surface area contributed by atoms with E-state index in [0.29, 0.717) is 25.7 Å². The lowest BCUT2D eigenvalue weighted by Crippen LogP contribution is -2.30. The molecule has 19 heteroatoms. The Hall–Kier alpha value is -1.94. The van der Waals surface area contributed by atoms with E-state index in [9.17, 15) is 43.2 Å². The minimum atomic E-state index is -4.94. The van der Waals surface area contributed by atoms with E-state index in [1.165, 1.54) is 135 Å². The van der Waals surface area contributed by atoms with E-state index in [2.05, 4.69) is 34.6 Å². The molecule has 0 radical (unpaired) electrons. The number of unbranched alkanes of at least 4 members (excludes halogenated alkanes) is 35. The number of hydrogen-bond donors (Lipinski definition) is 3. The molecule has 0 fully saturated rings. The van der Waals surface area contributed by atoms with E-state index >= 15 is 0 Å². The molecule has 0 aliphatic carbocycles. The van der Waals surface area contributed by atoms with Gasteiger partial charge in [-0.1, -0.05) is 266 Å². The topological polar surface area (TPSA) is 237 Å². The Labute approximate surface area is 498 Å². The predicted molar refractivity (Wildman–Crippen MR) is 326 cm³/mol. The van der Waals surface area contributed by atoms with Crippen LogP contribution >= 0.6 is 15.6 Å². The van der Waals surface area contributed by atoms with Crippen LogP contribution in [0.1, 0.15) is 317 Å². The van der Waals surface area contributed by atoms with Crippen molar-refractivity contribution in [1.29, 1.82) is 0 Å². The molecule has 0 heterocycles. The van der Waals surface area contributed by atoms with Crippen molar-refractivity contribution in [3.05, 3.63) is 0 Å². The number of aliphatic hydroxyl groups is 1. The minimum Gasteiger partial charge on any atom is -0.462 e. The van der Waals surface area contributed by atoms with Gasteiger partial charge >= 0.3 is 39.5 Å². The van der Waals surface area contributed by atoms with E-state index in [-0.39, 0.29) is 25.7 Å². The molecule has 0 saturated heterocycles. The van der Waals surface area contributed by atoms with Gasteiger partial charge in [-0.15, -0.1) is 0 Å². The van der Waals surface area contributed by atoms with Crippen molar-refractivity contribution < 1.29 is 80.2 Å². The average Bonchev–Trinajstić information content (AvgIpc) is 3.49. The van der Waals surface area contributed by atoms with Gasteiger partial charge in [-0.25, -0.2) is 9.13 Å². The van der Waals surface area contributed by atoms with E-state index in [1.807, 2.05) is 0 Å². The smallest absolute Gasteiger partial charge is 0.462 e. The number of carbonyl (C=O) groups excluding carboxylic acids is 4. The van der Waals surface area contributed by atoms with E-state index in [1.54, 1.807) is 0 Å². The number of phosphoric acid groups is 2. The molecule has 0 aliphatic heterocycles. The van der Waals surface area contributed by atoms with Crippen molar-refractivity contribution >= 4 is 39.5 Å². The Morgan fingerprint density at radius 2 is 0.561 bits per heavy atom. The van der Waals surface area contributed by atoms with Crippen molar-refractivity contribution in [2.24, 2.45) is 5.92 Å². The van der Waals surface area contributed by atoms with Crippen molar-refractivity contribution in [2.45, 2.75) is 335 Å². The molecule has 0 spiro atoms. The molecule has 2 unspecified atom stereocenters. The minimum absolute atomic E-state index is 0.104. The highest BCUT2D eigenvalue weighted by atomic mass is 31.2. The maximum Gasteiger partial charge on any atom is 0.472 e. The zero-order valence-corrected chi connectivity index (χ0v) is 54.4. The summed E-state index contributed by atoms with van der Waals surface area (Å²) in [7, 11) is -9.88. The van der Waals surface area contributed by atoms with Crippen molar-refractivity contribution in [2.75, 3.05) is 39.6 Å². The molecule has 0 saturated carbocycles. The SMILES string of the molecule is CCCCCCCCCCCCCCCC(=O)OC[C@H](COP(=O)(O)OC[C@@H](O)COP(=O)(O)OC[C@@H](COC(=O)CCCCCCC)OC(=O)CCCCCCCCCCC(C)C)OC(=O)CCCCCCCCCCCCCCC. The van der Waals surface area contributed by atoms with Gasteiger partial charge in [0.15, 0.2) is 12.2 Å². The van der Waals surface area contributed by atoms with Crippen LogP contribution in [-0.2, 0) is 65.4 Å². The number of phosphoric ester groups is 2. The fraction of sp³-hybridized carbons (Fsp3) is 0.937. The van der Waals surface area contributed by atoms with Crippen LogP contribution in [0.5, 0.6) is 0 Å². The zero-order chi connectivity index (χ0) is 60.6. The highest BCUT2D eigenvalue weighted by Crippen LogP contribution is 2.45. The molecule has 0 aliphatic rings. The Balaban J connectivity index is 5.18. The maximum absolute atomic E-state index is 13.0. The van der Waals surface area contributed by atoms with Crippen LogP contribution in [0.2, 0.25) is 0 Å². The number of carbonyl (C=O) groups is 4. The molecule has 17 nitrogen and oxygen atoms in total. The monoisotopic (exact) mass is 1210 g/mol. The van der Waals surface area contributed by atoms with Crippen LogP contribution < -0.4 is 0 Å². The standard InChI is InChI=1S/C63H122O17P2/c1-6-9-12-15-17-19-21-23-25-27-32-37-42-47-61(66)74-53-59(80-62(67)48-43-38-33-28-26-24-22-20-18-16-13-10-7-2)55-78-82(71,72)76-51-57(64)50-75-81(69,70)77-54-58(52-73-60(65)46-41-35-14-11-8-3)79-63(68)49-44-39-34-30-29-31-36-40-45-56(4)5/h56-59,64H,6-55H2,1-5H3,(H,69,70)(H,71,72)/t57-,58+,59+/m0/s1. The summed E-state index contributed by atoms with van der Waals surface area (Å²) >= 11 is 0. The largest absolute Gasteiger partial charge is 0.472 e. The molecule has 486 valence electrons. The van der Waals surface area contributed by atoms with Gasteiger partial charge in [-0.3, -0.25) is 37.3 Å². The Bertz CT molecular complexity index is 1600. The highest BCUT2D eigenvalue weighted by molar-refractivity contribution is 7.47. The molecular weight excluding hydrogens is 1090 g/mol. The first kappa shape index (κ1) is 80.1. The van der Waals surface area contributed by atoms with Gasteiger partial charge in [-0.05, 0) is 31.6 Å². The molecule has 0 amide bonds. The molecule has 0 aromatic rings. The Kier molecular flexibility index (Phi) is 55.5. The summed E-state index contributed by atoms with van der Waals surface area (Å²) in [6.07, 6.45) is 40.6. The van der Waals surface area contributed by atoms with E-state index in [0.717, 1.165) is 102 Å². The molecule has 5 atom stereocenters. The van der Waals surface area contributed by atoms with Crippen molar-refractivity contribution in [1.82, 2.24) is 0 Å². The summed E-state index contributed by atoms with van der Waals surface area (Å²) < 4.78 is 67.8. The van der Waals surface area contributed by atoms with Gasteiger partial charge in [0.05, 0.1) is 26.4 Å². The quantitative estimate of drug-likeness (QED) is 0.0222. The molecule has 0 rings (SSSR count). The molecular formula is C63H122O17P2. The number of hydrogen-bond acceptors (Lipinski definition) is 15. The lowest BCUT2D eigenvalue weighted by molar-refractivity contribution is -0.161. The van der Waals surface area contributed by atoms with E-state index < -0.39 is 97.5 Å².